The van der Waals surface area contributed by atoms with Gasteiger partial charge in [0.1, 0.15) is 13.2 Å². The van der Waals surface area contributed by atoms with Crippen LogP contribution < -0.4 is 0 Å². The summed E-state index contributed by atoms with van der Waals surface area (Å²) in [6.45, 7) is 6.62. The highest BCUT2D eigenvalue weighted by Gasteiger charge is 2.19. The number of hydrogen-bond acceptors (Lipinski definition) is 6. The highest BCUT2D eigenvalue weighted by Crippen LogP contribution is 2.16. The summed E-state index contributed by atoms with van der Waals surface area (Å²) in [7, 11) is 0. The first-order chi connectivity index (χ1) is 33.5. The van der Waals surface area contributed by atoms with Crippen LogP contribution in [0.1, 0.15) is 310 Å². The van der Waals surface area contributed by atoms with Gasteiger partial charge in [0.2, 0.25) is 0 Å². The Morgan fingerprint density at radius 1 is 0.294 bits per heavy atom. The van der Waals surface area contributed by atoms with Gasteiger partial charge >= 0.3 is 17.9 Å². The van der Waals surface area contributed by atoms with E-state index in [-0.39, 0.29) is 31.1 Å². The molecule has 0 fully saturated rings. The van der Waals surface area contributed by atoms with Crippen LogP contribution in [-0.2, 0) is 28.6 Å². The molecule has 0 amide bonds. The number of esters is 3. The maximum atomic E-state index is 12.9. The lowest BCUT2D eigenvalue weighted by atomic mass is 10.1. The van der Waals surface area contributed by atoms with E-state index in [2.05, 4.69) is 69.4 Å². The minimum absolute atomic E-state index is 0.0813. The summed E-state index contributed by atoms with van der Waals surface area (Å²) < 4.78 is 16.9. The molecule has 0 aliphatic carbocycles. The van der Waals surface area contributed by atoms with Crippen molar-refractivity contribution in [3.8, 4) is 0 Å². The Bertz CT molecular complexity index is 1190. The van der Waals surface area contributed by atoms with E-state index in [4.69, 9.17) is 14.2 Å². The number of carbonyl (C=O) groups is 3. The van der Waals surface area contributed by atoms with Crippen LogP contribution in [-0.4, -0.2) is 37.2 Å². The molecule has 6 heteroatoms. The second-order valence-electron chi connectivity index (χ2n) is 19.9. The maximum Gasteiger partial charge on any atom is 0.306 e. The molecule has 0 heterocycles. The summed E-state index contributed by atoms with van der Waals surface area (Å²) in [6, 6.07) is 0. The van der Waals surface area contributed by atoms with Crippen LogP contribution >= 0.6 is 0 Å². The van der Waals surface area contributed by atoms with Crippen LogP contribution in [0.4, 0.5) is 0 Å². The average molecular weight is 954 g/mol. The van der Waals surface area contributed by atoms with Crippen LogP contribution in [0.25, 0.3) is 0 Å². The van der Waals surface area contributed by atoms with Gasteiger partial charge in [-0.05, 0) is 96.3 Å². The monoisotopic (exact) mass is 953 g/mol. The van der Waals surface area contributed by atoms with Crippen LogP contribution in [0.5, 0.6) is 0 Å². The van der Waals surface area contributed by atoms with E-state index in [0.717, 1.165) is 83.5 Å². The molecule has 0 radical (unpaired) electrons. The van der Waals surface area contributed by atoms with E-state index < -0.39 is 6.10 Å². The fraction of sp³-hybridized carbons (Fsp3) is 0.823. The molecule has 0 bridgehead atoms. The largest absolute Gasteiger partial charge is 0.462 e. The average Bonchev–Trinajstić information content (AvgIpc) is 3.34. The van der Waals surface area contributed by atoms with Gasteiger partial charge in [-0.1, -0.05) is 243 Å². The number of allylic oxidation sites excluding steroid dienone is 8. The maximum absolute atomic E-state index is 12.9. The summed E-state index contributed by atoms with van der Waals surface area (Å²) in [5, 5.41) is 0. The topological polar surface area (TPSA) is 78.9 Å². The zero-order valence-corrected chi connectivity index (χ0v) is 45.4. The van der Waals surface area contributed by atoms with Crippen molar-refractivity contribution >= 4 is 17.9 Å². The van der Waals surface area contributed by atoms with Gasteiger partial charge in [0.25, 0.3) is 0 Å². The van der Waals surface area contributed by atoms with Gasteiger partial charge in [-0.15, -0.1) is 0 Å². The number of hydrogen-bond donors (Lipinski definition) is 0. The molecular formula is C62H112O6. The van der Waals surface area contributed by atoms with E-state index in [1.54, 1.807) is 0 Å². The van der Waals surface area contributed by atoms with Crippen LogP contribution in [0, 0.1) is 0 Å². The Hall–Kier alpha value is -2.63. The van der Waals surface area contributed by atoms with Gasteiger partial charge in [-0.2, -0.15) is 0 Å². The summed E-state index contributed by atoms with van der Waals surface area (Å²) in [5.41, 5.74) is 0. The van der Waals surface area contributed by atoms with E-state index >= 15 is 0 Å². The zero-order chi connectivity index (χ0) is 49.3. The molecule has 0 saturated carbocycles. The predicted molar refractivity (Wildman–Crippen MR) is 293 cm³/mol. The molecule has 1 atom stereocenters. The summed E-state index contributed by atoms with van der Waals surface area (Å²) in [4.78, 5) is 38.2. The molecule has 0 rings (SSSR count). The standard InChI is InChI=1S/C62H112O6/c1-4-7-10-13-16-19-22-25-27-29-31-33-34-37-40-43-46-49-52-55-61(64)67-58-59(57-66-60(63)54-51-48-45-42-39-36-24-21-18-15-12-9-6-3)68-62(65)56-53-50-47-44-41-38-35-32-30-28-26-23-20-17-14-11-8-5-2/h16,19,22,25,32,35-36,39,59H,4-15,17-18,20-21,23-24,26-31,33-34,37-38,40-58H2,1-3H3/b19-16-,25-22-,35-32-,39-36-. The molecule has 68 heavy (non-hydrogen) atoms. The van der Waals surface area contributed by atoms with E-state index in [0.29, 0.717) is 19.3 Å². The second-order valence-corrected chi connectivity index (χ2v) is 19.9. The third kappa shape index (κ3) is 54.3. The van der Waals surface area contributed by atoms with Gasteiger partial charge < -0.3 is 14.2 Å². The highest BCUT2D eigenvalue weighted by molar-refractivity contribution is 5.71. The van der Waals surface area contributed by atoms with Crippen molar-refractivity contribution < 1.29 is 28.6 Å². The number of unbranched alkanes of at least 4 members (excludes halogenated alkanes) is 36. The molecule has 0 aliphatic rings. The summed E-state index contributed by atoms with van der Waals surface area (Å²) >= 11 is 0. The molecule has 0 aromatic heterocycles. The lowest BCUT2D eigenvalue weighted by molar-refractivity contribution is -0.167. The van der Waals surface area contributed by atoms with Crippen LogP contribution in [0.2, 0.25) is 0 Å². The fourth-order valence-electron chi connectivity index (χ4n) is 8.54. The molecule has 0 aromatic carbocycles. The molecule has 0 N–H and O–H groups in total. The van der Waals surface area contributed by atoms with Crippen LogP contribution in [0.3, 0.4) is 0 Å². The first-order valence-corrected chi connectivity index (χ1v) is 29.7. The quantitative estimate of drug-likeness (QED) is 0.0199. The Morgan fingerprint density at radius 2 is 0.529 bits per heavy atom. The number of rotatable bonds is 54. The van der Waals surface area contributed by atoms with Crippen molar-refractivity contribution in [1.82, 2.24) is 0 Å². The van der Waals surface area contributed by atoms with Crippen molar-refractivity contribution in [2.45, 2.75) is 316 Å². The van der Waals surface area contributed by atoms with Crippen molar-refractivity contribution in [3.63, 3.8) is 0 Å². The normalized spacial score (nSPS) is 12.3. The molecule has 0 spiro atoms. The Balaban J connectivity index is 4.36. The molecule has 0 aromatic rings. The minimum Gasteiger partial charge on any atom is -0.462 e. The van der Waals surface area contributed by atoms with E-state index in [1.165, 1.54) is 186 Å². The van der Waals surface area contributed by atoms with Gasteiger partial charge in [0, 0.05) is 19.3 Å². The van der Waals surface area contributed by atoms with Crippen molar-refractivity contribution in [2.24, 2.45) is 0 Å². The van der Waals surface area contributed by atoms with Gasteiger partial charge in [-0.25, -0.2) is 0 Å². The number of carbonyl (C=O) groups excluding carboxylic acids is 3. The number of ether oxygens (including phenoxy) is 3. The predicted octanol–water partition coefficient (Wildman–Crippen LogP) is 19.8. The van der Waals surface area contributed by atoms with Gasteiger partial charge in [-0.3, -0.25) is 14.4 Å². The van der Waals surface area contributed by atoms with Crippen LogP contribution in [0.15, 0.2) is 48.6 Å². The Kier molecular flexibility index (Phi) is 54.8. The summed E-state index contributed by atoms with van der Waals surface area (Å²) in [5.74, 6) is -0.895. The zero-order valence-electron chi connectivity index (χ0n) is 45.4. The smallest absolute Gasteiger partial charge is 0.306 e. The third-order valence-corrected chi connectivity index (χ3v) is 13.1. The summed E-state index contributed by atoms with van der Waals surface area (Å²) in [6.07, 6.45) is 69.6. The first kappa shape index (κ1) is 65.4. The molecule has 6 nitrogen and oxygen atoms in total. The fourth-order valence-corrected chi connectivity index (χ4v) is 8.54. The Morgan fingerprint density at radius 3 is 0.868 bits per heavy atom. The third-order valence-electron chi connectivity index (χ3n) is 13.1. The lowest BCUT2D eigenvalue weighted by Crippen LogP contribution is -2.30. The minimum atomic E-state index is -0.784. The second kappa shape index (κ2) is 57.0. The van der Waals surface area contributed by atoms with Crippen molar-refractivity contribution in [3.05, 3.63) is 48.6 Å². The SMILES string of the molecule is CCCCC/C=C\C=C/CCCCCCCCCCCCC(=O)OCC(COC(=O)CCCCC/C=C\CCCCCCCC)OC(=O)CCCCCCC/C=C\CCCCCCCCCCC. The molecule has 0 aliphatic heterocycles. The first-order valence-electron chi connectivity index (χ1n) is 29.7. The highest BCUT2D eigenvalue weighted by atomic mass is 16.6. The van der Waals surface area contributed by atoms with Crippen molar-refractivity contribution in [1.29, 1.82) is 0 Å². The lowest BCUT2D eigenvalue weighted by Gasteiger charge is -2.18. The molecule has 1 unspecified atom stereocenters. The van der Waals surface area contributed by atoms with Gasteiger partial charge in [0.05, 0.1) is 0 Å². The van der Waals surface area contributed by atoms with Gasteiger partial charge in [0.15, 0.2) is 6.10 Å². The molecule has 396 valence electrons. The van der Waals surface area contributed by atoms with E-state index in [1.807, 2.05) is 0 Å². The molecule has 0 saturated heterocycles. The Labute approximate surface area is 422 Å². The molecular weight excluding hydrogens is 841 g/mol. The van der Waals surface area contributed by atoms with E-state index in [9.17, 15) is 14.4 Å². The van der Waals surface area contributed by atoms with Crippen molar-refractivity contribution in [2.75, 3.05) is 13.2 Å².